The van der Waals surface area contributed by atoms with Gasteiger partial charge in [0.2, 0.25) is 0 Å². The molecule has 0 aromatic heterocycles. The second-order valence-electron chi connectivity index (χ2n) is 3.22. The molecule has 0 spiro atoms. The quantitative estimate of drug-likeness (QED) is 0.501. The minimum atomic E-state index is 0.405. The second kappa shape index (κ2) is 5.18. The van der Waals surface area contributed by atoms with Crippen LogP contribution in [-0.4, -0.2) is 25.8 Å². The Morgan fingerprint density at radius 2 is 2.42 bits per heavy atom. The fourth-order valence-electron chi connectivity index (χ4n) is 1.77. The van der Waals surface area contributed by atoms with Crippen LogP contribution in [0.15, 0.2) is 0 Å². The van der Waals surface area contributed by atoms with E-state index in [0.717, 1.165) is 13.0 Å². The molecule has 0 amide bonds. The van der Waals surface area contributed by atoms with Crippen molar-refractivity contribution in [1.82, 2.24) is 5.32 Å². The van der Waals surface area contributed by atoms with E-state index in [1.165, 1.54) is 19.3 Å². The molecule has 2 atom stereocenters. The molecule has 2 unspecified atom stereocenters. The molecule has 0 saturated heterocycles. The monoisotopic (exact) mass is 167 g/mol. The molecule has 2 heteroatoms. The van der Waals surface area contributed by atoms with Crippen LogP contribution in [0.1, 0.15) is 25.7 Å². The lowest BCUT2D eigenvalue weighted by Crippen LogP contribution is -2.37. The molecule has 1 rings (SSSR count). The smallest absolute Gasteiger partial charge is 0.0724 e. The number of methoxy groups -OCH3 is 1. The Hall–Kier alpha value is -0.520. The van der Waals surface area contributed by atoms with Gasteiger partial charge in [0.05, 0.1) is 6.10 Å². The third kappa shape index (κ3) is 2.51. The molecule has 68 valence electrons. The average molecular weight is 167 g/mol. The molecule has 1 saturated carbocycles. The molecule has 12 heavy (non-hydrogen) atoms. The van der Waals surface area contributed by atoms with Gasteiger partial charge in [0.15, 0.2) is 0 Å². The number of hydrogen-bond acceptors (Lipinski definition) is 2. The van der Waals surface area contributed by atoms with E-state index in [9.17, 15) is 0 Å². The highest BCUT2D eigenvalue weighted by Gasteiger charge is 2.25. The van der Waals surface area contributed by atoms with Crippen molar-refractivity contribution < 1.29 is 4.74 Å². The van der Waals surface area contributed by atoms with E-state index >= 15 is 0 Å². The fraction of sp³-hybridized carbons (Fsp3) is 0.800. The summed E-state index contributed by atoms with van der Waals surface area (Å²) in [5.74, 6) is 2.62. The van der Waals surface area contributed by atoms with Crippen LogP contribution in [0.5, 0.6) is 0 Å². The zero-order valence-electron chi connectivity index (χ0n) is 7.68. The van der Waals surface area contributed by atoms with Crippen LogP contribution in [0.2, 0.25) is 0 Å². The van der Waals surface area contributed by atoms with E-state index < -0.39 is 0 Å². The van der Waals surface area contributed by atoms with E-state index in [0.29, 0.717) is 12.1 Å². The summed E-state index contributed by atoms with van der Waals surface area (Å²) in [4.78, 5) is 0. The first-order valence-electron chi connectivity index (χ1n) is 4.58. The standard InChI is InChI=1S/C10H17NO/c1-3-4-8-11-9-6-5-7-10(9)12-2/h1,9-11H,4-8H2,2H3. The van der Waals surface area contributed by atoms with E-state index in [2.05, 4.69) is 11.2 Å². The van der Waals surface area contributed by atoms with Crippen LogP contribution in [0.25, 0.3) is 0 Å². The number of nitrogens with one attached hydrogen (secondary N) is 1. The van der Waals surface area contributed by atoms with Crippen LogP contribution in [0.4, 0.5) is 0 Å². The van der Waals surface area contributed by atoms with Crippen molar-refractivity contribution in [3.05, 3.63) is 0 Å². The summed E-state index contributed by atoms with van der Waals surface area (Å²) in [7, 11) is 1.78. The maximum atomic E-state index is 5.34. The van der Waals surface area contributed by atoms with Crippen molar-refractivity contribution in [3.8, 4) is 12.3 Å². The van der Waals surface area contributed by atoms with Crippen molar-refractivity contribution >= 4 is 0 Å². The van der Waals surface area contributed by atoms with Crippen molar-refractivity contribution in [2.75, 3.05) is 13.7 Å². The van der Waals surface area contributed by atoms with E-state index in [1.807, 2.05) is 0 Å². The molecule has 1 aliphatic carbocycles. The van der Waals surface area contributed by atoms with Gasteiger partial charge in [0.25, 0.3) is 0 Å². The van der Waals surface area contributed by atoms with Crippen molar-refractivity contribution in [1.29, 1.82) is 0 Å². The van der Waals surface area contributed by atoms with Crippen LogP contribution >= 0.6 is 0 Å². The molecule has 1 fully saturated rings. The topological polar surface area (TPSA) is 21.3 Å². The minimum Gasteiger partial charge on any atom is -0.380 e. The first kappa shape index (κ1) is 9.57. The predicted molar refractivity (Wildman–Crippen MR) is 49.9 cm³/mol. The molecular formula is C10H17NO. The van der Waals surface area contributed by atoms with Gasteiger partial charge in [-0.2, -0.15) is 0 Å². The third-order valence-electron chi connectivity index (χ3n) is 2.43. The van der Waals surface area contributed by atoms with Crippen molar-refractivity contribution in [2.45, 2.75) is 37.8 Å². The minimum absolute atomic E-state index is 0.405. The van der Waals surface area contributed by atoms with Gasteiger partial charge in [0, 0.05) is 26.1 Å². The number of rotatable bonds is 4. The second-order valence-corrected chi connectivity index (χ2v) is 3.22. The van der Waals surface area contributed by atoms with Crippen LogP contribution in [0, 0.1) is 12.3 Å². The Bertz CT molecular complexity index is 162. The first-order chi connectivity index (χ1) is 5.88. The average Bonchev–Trinajstić information content (AvgIpc) is 2.52. The van der Waals surface area contributed by atoms with Gasteiger partial charge in [-0.1, -0.05) is 0 Å². The number of ether oxygens (including phenoxy) is 1. The number of terminal acetylenes is 1. The highest BCUT2D eigenvalue weighted by atomic mass is 16.5. The highest BCUT2D eigenvalue weighted by molar-refractivity contribution is 4.88. The molecule has 0 aromatic carbocycles. The van der Waals surface area contributed by atoms with E-state index in [1.54, 1.807) is 7.11 Å². The summed E-state index contributed by atoms with van der Waals surface area (Å²) in [6, 6.07) is 0.531. The molecular weight excluding hydrogens is 150 g/mol. The summed E-state index contributed by atoms with van der Waals surface area (Å²) >= 11 is 0. The molecule has 0 radical (unpaired) electrons. The normalized spacial score (nSPS) is 28.7. The highest BCUT2D eigenvalue weighted by Crippen LogP contribution is 2.21. The summed E-state index contributed by atoms with van der Waals surface area (Å²) in [5.41, 5.74) is 0. The van der Waals surface area contributed by atoms with Gasteiger partial charge in [-0.3, -0.25) is 0 Å². The Kier molecular flexibility index (Phi) is 4.13. The molecule has 1 aliphatic rings. The predicted octanol–water partition coefficient (Wildman–Crippen LogP) is 1.17. The van der Waals surface area contributed by atoms with Crippen LogP contribution in [-0.2, 0) is 4.74 Å². The SMILES string of the molecule is C#CCCNC1CCCC1OC. The zero-order chi connectivity index (χ0) is 8.81. The molecule has 1 N–H and O–H groups in total. The molecule has 0 aromatic rings. The molecule has 2 nitrogen and oxygen atoms in total. The summed E-state index contributed by atoms with van der Waals surface area (Å²) in [6.45, 7) is 0.918. The van der Waals surface area contributed by atoms with Gasteiger partial charge in [-0.25, -0.2) is 0 Å². The van der Waals surface area contributed by atoms with Gasteiger partial charge >= 0.3 is 0 Å². The summed E-state index contributed by atoms with van der Waals surface area (Å²) < 4.78 is 5.34. The van der Waals surface area contributed by atoms with Gasteiger partial charge in [-0.05, 0) is 19.3 Å². The Morgan fingerprint density at radius 3 is 3.08 bits per heavy atom. The Balaban J connectivity index is 2.18. The summed E-state index contributed by atoms with van der Waals surface area (Å²) in [5, 5.41) is 3.42. The lowest BCUT2D eigenvalue weighted by atomic mass is 10.2. The van der Waals surface area contributed by atoms with E-state index in [-0.39, 0.29) is 0 Å². The zero-order valence-corrected chi connectivity index (χ0v) is 7.68. The fourth-order valence-corrected chi connectivity index (χ4v) is 1.77. The molecule has 0 aliphatic heterocycles. The van der Waals surface area contributed by atoms with Gasteiger partial charge < -0.3 is 10.1 Å². The Labute approximate surface area is 74.7 Å². The largest absolute Gasteiger partial charge is 0.380 e. The maximum Gasteiger partial charge on any atom is 0.0724 e. The molecule has 0 heterocycles. The first-order valence-corrected chi connectivity index (χ1v) is 4.58. The lowest BCUT2D eigenvalue weighted by molar-refractivity contribution is 0.0855. The Morgan fingerprint density at radius 1 is 1.58 bits per heavy atom. The van der Waals surface area contributed by atoms with Gasteiger partial charge in [-0.15, -0.1) is 12.3 Å². The van der Waals surface area contributed by atoms with E-state index in [4.69, 9.17) is 11.2 Å². The van der Waals surface area contributed by atoms with Crippen LogP contribution in [0.3, 0.4) is 0 Å². The molecule has 0 bridgehead atoms. The summed E-state index contributed by atoms with van der Waals surface area (Å²) in [6.07, 6.45) is 10.1. The third-order valence-corrected chi connectivity index (χ3v) is 2.43. The van der Waals surface area contributed by atoms with Crippen molar-refractivity contribution in [2.24, 2.45) is 0 Å². The van der Waals surface area contributed by atoms with Crippen molar-refractivity contribution in [3.63, 3.8) is 0 Å². The number of hydrogen-bond donors (Lipinski definition) is 1. The van der Waals surface area contributed by atoms with Gasteiger partial charge in [0.1, 0.15) is 0 Å². The van der Waals surface area contributed by atoms with Crippen LogP contribution < -0.4 is 5.32 Å². The maximum absolute atomic E-state index is 5.34. The lowest BCUT2D eigenvalue weighted by Gasteiger charge is -2.18.